The van der Waals surface area contributed by atoms with E-state index in [-0.39, 0.29) is 17.2 Å². The van der Waals surface area contributed by atoms with Crippen LogP contribution in [-0.2, 0) is 12.8 Å². The van der Waals surface area contributed by atoms with E-state index in [1.54, 1.807) is 6.92 Å². The monoisotopic (exact) mass is 291 g/mol. The first-order valence-corrected chi connectivity index (χ1v) is 6.09. The van der Waals surface area contributed by atoms with Crippen molar-refractivity contribution in [3.8, 4) is 10.6 Å². The topological polar surface area (TPSA) is 33.1 Å². The molecule has 1 aromatic carbocycles. The van der Waals surface area contributed by atoms with Crippen molar-refractivity contribution in [1.29, 1.82) is 0 Å². The smallest absolute Gasteiger partial charge is 0.391 e. The molecule has 2 aromatic rings. The zero-order valence-electron chi connectivity index (χ0n) is 9.75. The number of halogens is 4. The van der Waals surface area contributed by atoms with Crippen molar-refractivity contribution in [3.63, 3.8) is 0 Å². The first kappa shape index (κ1) is 14.0. The Labute approximate surface area is 110 Å². The zero-order valence-corrected chi connectivity index (χ0v) is 10.6. The molecule has 0 aliphatic carbocycles. The summed E-state index contributed by atoms with van der Waals surface area (Å²) in [7, 11) is 0. The maximum Gasteiger partial charge on any atom is 0.416 e. The van der Waals surface area contributed by atoms with Crippen molar-refractivity contribution in [3.05, 3.63) is 40.2 Å². The van der Waals surface area contributed by atoms with Crippen molar-refractivity contribution in [2.45, 2.75) is 19.7 Å². The lowest BCUT2D eigenvalue weighted by atomic mass is 10.1. The van der Waals surface area contributed by atoms with Gasteiger partial charge in [-0.2, -0.15) is 13.2 Å². The molecule has 0 spiro atoms. The minimum Gasteiger partial charge on any atom is -0.391 e. The molecule has 0 saturated heterocycles. The van der Waals surface area contributed by atoms with Gasteiger partial charge in [-0.3, -0.25) is 0 Å². The number of alkyl halides is 3. The third kappa shape index (κ3) is 2.76. The van der Waals surface area contributed by atoms with E-state index >= 15 is 0 Å². The van der Waals surface area contributed by atoms with Crippen LogP contribution in [0.15, 0.2) is 18.2 Å². The van der Waals surface area contributed by atoms with Crippen LogP contribution in [0.5, 0.6) is 0 Å². The van der Waals surface area contributed by atoms with E-state index in [0.29, 0.717) is 16.6 Å². The Balaban J connectivity index is 2.46. The number of aliphatic hydroxyl groups is 1. The van der Waals surface area contributed by atoms with E-state index in [0.717, 1.165) is 23.5 Å². The molecular weight excluding hydrogens is 282 g/mol. The molecule has 0 saturated carbocycles. The minimum atomic E-state index is -4.57. The lowest BCUT2D eigenvalue weighted by molar-refractivity contribution is -0.137. The second kappa shape index (κ2) is 4.90. The van der Waals surface area contributed by atoms with Crippen LogP contribution < -0.4 is 0 Å². The van der Waals surface area contributed by atoms with Gasteiger partial charge >= 0.3 is 6.18 Å². The molecule has 1 aromatic heterocycles. The Kier molecular flexibility index (Phi) is 3.60. The molecule has 1 N–H and O–H groups in total. The molecule has 0 amide bonds. The molecular formula is C12H9F4NOS. The summed E-state index contributed by atoms with van der Waals surface area (Å²) in [5.41, 5.74) is -0.494. The number of benzene rings is 1. The molecule has 1 heterocycles. The van der Waals surface area contributed by atoms with Crippen LogP contribution in [0.2, 0.25) is 0 Å². The third-order valence-electron chi connectivity index (χ3n) is 2.56. The van der Waals surface area contributed by atoms with Gasteiger partial charge in [0.15, 0.2) is 0 Å². The quantitative estimate of drug-likeness (QED) is 0.854. The summed E-state index contributed by atoms with van der Waals surface area (Å²) >= 11 is 1.06. The summed E-state index contributed by atoms with van der Waals surface area (Å²) in [6.07, 6.45) is -4.57. The summed E-state index contributed by atoms with van der Waals surface area (Å²) in [4.78, 5) is 4.61. The van der Waals surface area contributed by atoms with E-state index < -0.39 is 17.6 Å². The van der Waals surface area contributed by atoms with E-state index in [4.69, 9.17) is 5.11 Å². The maximum absolute atomic E-state index is 13.7. The van der Waals surface area contributed by atoms with Crippen molar-refractivity contribution in [2.24, 2.45) is 0 Å². The maximum atomic E-state index is 13.7. The SMILES string of the molecule is Cc1nc(-c2ccc(C(F)(F)F)cc2F)sc1CO. The largest absolute Gasteiger partial charge is 0.416 e. The summed E-state index contributed by atoms with van der Waals surface area (Å²) < 4.78 is 51.0. The fourth-order valence-corrected chi connectivity index (χ4v) is 2.50. The molecule has 0 bridgehead atoms. The van der Waals surface area contributed by atoms with Crippen LogP contribution in [0.4, 0.5) is 17.6 Å². The van der Waals surface area contributed by atoms with Crippen molar-refractivity contribution < 1.29 is 22.7 Å². The van der Waals surface area contributed by atoms with E-state index in [2.05, 4.69) is 4.98 Å². The first-order chi connectivity index (χ1) is 8.82. The van der Waals surface area contributed by atoms with Gasteiger partial charge in [0.1, 0.15) is 10.8 Å². The Morgan fingerprint density at radius 2 is 2.00 bits per heavy atom. The number of hydrogen-bond donors (Lipinski definition) is 1. The summed E-state index contributed by atoms with van der Waals surface area (Å²) in [5.74, 6) is -0.979. The molecule has 2 nitrogen and oxygen atoms in total. The van der Waals surface area contributed by atoms with E-state index in [9.17, 15) is 17.6 Å². The van der Waals surface area contributed by atoms with Crippen LogP contribution in [0.3, 0.4) is 0 Å². The molecule has 0 fully saturated rings. The minimum absolute atomic E-state index is 0.000741. The summed E-state index contributed by atoms with van der Waals surface area (Å²) in [5, 5.41) is 9.28. The molecule has 0 radical (unpaired) electrons. The Hall–Kier alpha value is -1.47. The molecule has 0 aliphatic rings. The summed E-state index contributed by atoms with van der Waals surface area (Å²) in [6, 6.07) is 2.32. The molecule has 0 unspecified atom stereocenters. The average molecular weight is 291 g/mol. The van der Waals surface area contributed by atoms with Crippen molar-refractivity contribution >= 4 is 11.3 Å². The lowest BCUT2D eigenvalue weighted by Crippen LogP contribution is -2.05. The van der Waals surface area contributed by atoms with Crippen molar-refractivity contribution in [1.82, 2.24) is 4.98 Å². The molecule has 102 valence electrons. The van der Waals surface area contributed by atoms with Crippen LogP contribution in [0.1, 0.15) is 16.1 Å². The Bertz CT molecular complexity index is 606. The van der Waals surface area contributed by atoms with Crippen LogP contribution in [0.25, 0.3) is 10.6 Å². The normalized spacial score (nSPS) is 11.9. The molecule has 2 rings (SSSR count). The number of thiazole rings is 1. The van der Waals surface area contributed by atoms with Crippen LogP contribution in [0, 0.1) is 12.7 Å². The average Bonchev–Trinajstić information content (AvgIpc) is 2.69. The number of nitrogens with zero attached hydrogens (tertiary/aromatic N) is 1. The number of aliphatic hydroxyl groups excluding tert-OH is 1. The second-order valence-corrected chi connectivity index (χ2v) is 4.96. The Morgan fingerprint density at radius 3 is 2.47 bits per heavy atom. The highest BCUT2D eigenvalue weighted by atomic mass is 32.1. The molecule has 7 heteroatoms. The van der Waals surface area contributed by atoms with Gasteiger partial charge in [-0.25, -0.2) is 9.37 Å². The van der Waals surface area contributed by atoms with E-state index in [1.165, 1.54) is 0 Å². The summed E-state index contributed by atoms with van der Waals surface area (Å²) in [6.45, 7) is 1.42. The third-order valence-corrected chi connectivity index (χ3v) is 3.74. The van der Waals surface area contributed by atoms with E-state index in [1.807, 2.05) is 0 Å². The molecule has 19 heavy (non-hydrogen) atoms. The van der Waals surface area contributed by atoms with Gasteiger partial charge < -0.3 is 5.11 Å². The highest BCUT2D eigenvalue weighted by Crippen LogP contribution is 2.34. The number of aryl methyl sites for hydroxylation is 1. The Morgan fingerprint density at radius 1 is 1.32 bits per heavy atom. The highest BCUT2D eigenvalue weighted by molar-refractivity contribution is 7.15. The fourth-order valence-electron chi connectivity index (χ4n) is 1.55. The van der Waals surface area contributed by atoms with Gasteiger partial charge in [-0.05, 0) is 25.1 Å². The van der Waals surface area contributed by atoms with Gasteiger partial charge in [-0.1, -0.05) is 0 Å². The highest BCUT2D eigenvalue weighted by Gasteiger charge is 2.31. The van der Waals surface area contributed by atoms with Crippen LogP contribution >= 0.6 is 11.3 Å². The van der Waals surface area contributed by atoms with Gasteiger partial charge in [0.2, 0.25) is 0 Å². The van der Waals surface area contributed by atoms with Crippen molar-refractivity contribution in [2.75, 3.05) is 0 Å². The number of rotatable bonds is 2. The fraction of sp³-hybridized carbons (Fsp3) is 0.250. The lowest BCUT2D eigenvalue weighted by Gasteiger charge is -2.07. The second-order valence-electron chi connectivity index (χ2n) is 3.88. The number of aromatic nitrogens is 1. The first-order valence-electron chi connectivity index (χ1n) is 5.27. The standard InChI is InChI=1S/C12H9F4NOS/c1-6-10(5-18)19-11(17-6)8-3-2-7(4-9(8)13)12(14,15)16/h2-4,18H,5H2,1H3. The van der Waals surface area contributed by atoms with Gasteiger partial charge in [0.05, 0.1) is 22.7 Å². The molecule has 0 aliphatic heterocycles. The number of hydrogen-bond acceptors (Lipinski definition) is 3. The predicted octanol–water partition coefficient (Wildman–Crippen LogP) is 3.77. The van der Waals surface area contributed by atoms with Crippen LogP contribution in [-0.4, -0.2) is 10.1 Å². The van der Waals surface area contributed by atoms with Gasteiger partial charge in [0.25, 0.3) is 0 Å². The molecule has 0 atom stereocenters. The van der Waals surface area contributed by atoms with Gasteiger partial charge in [-0.15, -0.1) is 11.3 Å². The predicted molar refractivity (Wildman–Crippen MR) is 63.2 cm³/mol. The van der Waals surface area contributed by atoms with Gasteiger partial charge in [0, 0.05) is 5.56 Å². The zero-order chi connectivity index (χ0) is 14.2.